The van der Waals surface area contributed by atoms with Gasteiger partial charge in [0.1, 0.15) is 9.98 Å². The van der Waals surface area contributed by atoms with E-state index in [1.165, 1.54) is 4.88 Å². The Morgan fingerprint density at radius 1 is 1.40 bits per heavy atom. The van der Waals surface area contributed by atoms with Crippen molar-refractivity contribution < 1.29 is 0 Å². The fourth-order valence-corrected chi connectivity index (χ4v) is 2.60. The summed E-state index contributed by atoms with van der Waals surface area (Å²) in [5.41, 5.74) is 0. The number of aromatic nitrogens is 2. The van der Waals surface area contributed by atoms with E-state index in [4.69, 9.17) is 11.6 Å². The van der Waals surface area contributed by atoms with Crippen LogP contribution in [0.15, 0.2) is 6.07 Å². The molecule has 0 radical (unpaired) electrons. The Balaban J connectivity index is 2.54. The van der Waals surface area contributed by atoms with Crippen LogP contribution >= 0.6 is 22.9 Å². The van der Waals surface area contributed by atoms with Crippen LogP contribution in [-0.4, -0.2) is 16.5 Å². The molecule has 0 spiro atoms. The Morgan fingerprint density at radius 3 is 2.87 bits per heavy atom. The molecule has 5 heteroatoms. The maximum atomic E-state index is 6.08. The van der Waals surface area contributed by atoms with Crippen LogP contribution in [0.1, 0.15) is 18.7 Å². The minimum atomic E-state index is 0.534. The van der Waals surface area contributed by atoms with Crippen molar-refractivity contribution in [2.24, 2.45) is 0 Å². The highest BCUT2D eigenvalue weighted by Gasteiger charge is 2.08. The van der Waals surface area contributed by atoms with E-state index in [1.54, 1.807) is 11.3 Å². The molecule has 0 aliphatic rings. The molecule has 2 rings (SSSR count). The summed E-state index contributed by atoms with van der Waals surface area (Å²) in [7, 11) is 0. The lowest BCUT2D eigenvalue weighted by atomic mass is 10.3. The van der Waals surface area contributed by atoms with Crippen LogP contribution < -0.4 is 5.32 Å². The van der Waals surface area contributed by atoms with Gasteiger partial charge in [-0.2, -0.15) is 0 Å². The monoisotopic (exact) mass is 241 g/mol. The first-order valence-electron chi connectivity index (χ1n) is 4.94. The van der Waals surface area contributed by atoms with Crippen LogP contribution in [0.4, 0.5) is 5.95 Å². The maximum Gasteiger partial charge on any atom is 0.225 e. The minimum absolute atomic E-state index is 0.534. The van der Waals surface area contributed by atoms with Gasteiger partial charge in [0.15, 0.2) is 0 Å². The molecule has 0 amide bonds. The first kappa shape index (κ1) is 10.6. The first-order chi connectivity index (χ1) is 7.24. The van der Waals surface area contributed by atoms with Gasteiger partial charge in [0.2, 0.25) is 5.95 Å². The third-order valence-electron chi connectivity index (χ3n) is 2.08. The molecule has 0 aromatic carbocycles. The smallest absolute Gasteiger partial charge is 0.225 e. The van der Waals surface area contributed by atoms with Crippen molar-refractivity contribution >= 4 is 39.1 Å². The SMILES string of the molecule is CCNc1nc(Cl)c2cc(CC)sc2n1. The van der Waals surface area contributed by atoms with E-state index in [9.17, 15) is 0 Å². The summed E-state index contributed by atoms with van der Waals surface area (Å²) in [6, 6.07) is 2.07. The van der Waals surface area contributed by atoms with Gasteiger partial charge in [0.05, 0.1) is 0 Å². The highest BCUT2D eigenvalue weighted by molar-refractivity contribution is 7.18. The van der Waals surface area contributed by atoms with Crippen LogP contribution in [0.2, 0.25) is 5.15 Å². The van der Waals surface area contributed by atoms with Crippen LogP contribution in [-0.2, 0) is 6.42 Å². The summed E-state index contributed by atoms with van der Waals surface area (Å²) >= 11 is 7.76. The number of nitrogens with one attached hydrogen (secondary N) is 1. The zero-order chi connectivity index (χ0) is 10.8. The van der Waals surface area contributed by atoms with E-state index in [-0.39, 0.29) is 0 Å². The predicted octanol–water partition coefficient (Wildman–Crippen LogP) is 3.34. The standard InChI is InChI=1S/C10H12ClN3S/c1-3-6-5-7-8(11)13-10(12-4-2)14-9(7)15-6/h5H,3-4H2,1-2H3,(H,12,13,14). The molecule has 2 heterocycles. The number of hydrogen-bond acceptors (Lipinski definition) is 4. The number of nitrogens with zero attached hydrogens (tertiary/aromatic N) is 2. The second-order valence-corrected chi connectivity index (χ2v) is 4.63. The summed E-state index contributed by atoms with van der Waals surface area (Å²) < 4.78 is 0. The van der Waals surface area contributed by atoms with Gasteiger partial charge in [-0.3, -0.25) is 0 Å². The van der Waals surface area contributed by atoms with E-state index < -0.39 is 0 Å². The number of aryl methyl sites for hydroxylation is 1. The summed E-state index contributed by atoms with van der Waals surface area (Å²) in [5.74, 6) is 0.611. The van der Waals surface area contributed by atoms with Crippen LogP contribution in [0.25, 0.3) is 10.2 Å². The van der Waals surface area contributed by atoms with Gasteiger partial charge >= 0.3 is 0 Å². The molecular weight excluding hydrogens is 230 g/mol. The lowest BCUT2D eigenvalue weighted by Crippen LogP contribution is -2.01. The molecule has 15 heavy (non-hydrogen) atoms. The van der Waals surface area contributed by atoms with Crippen LogP contribution in [0.5, 0.6) is 0 Å². The summed E-state index contributed by atoms with van der Waals surface area (Å²) in [6.45, 7) is 4.93. The number of thiophene rings is 1. The molecule has 0 saturated heterocycles. The zero-order valence-electron chi connectivity index (χ0n) is 8.67. The highest BCUT2D eigenvalue weighted by Crippen LogP contribution is 2.29. The van der Waals surface area contributed by atoms with Crippen LogP contribution in [0, 0.1) is 0 Å². The number of fused-ring (bicyclic) bond motifs is 1. The Morgan fingerprint density at radius 2 is 2.20 bits per heavy atom. The normalized spacial score (nSPS) is 10.9. The fraction of sp³-hybridized carbons (Fsp3) is 0.400. The molecule has 1 N–H and O–H groups in total. The summed E-state index contributed by atoms with van der Waals surface area (Å²) in [4.78, 5) is 10.8. The van der Waals surface area contributed by atoms with E-state index in [2.05, 4.69) is 28.3 Å². The number of rotatable bonds is 3. The Bertz CT molecular complexity index is 481. The molecule has 0 fully saturated rings. The molecule has 0 bridgehead atoms. The average Bonchev–Trinajstić information content (AvgIpc) is 2.62. The van der Waals surface area contributed by atoms with Crippen molar-refractivity contribution in [2.75, 3.05) is 11.9 Å². The number of anilines is 1. The Hall–Kier alpha value is -0.870. The van der Waals surface area contributed by atoms with E-state index in [0.29, 0.717) is 11.1 Å². The predicted molar refractivity (Wildman–Crippen MR) is 66.0 cm³/mol. The van der Waals surface area contributed by atoms with Gasteiger partial charge in [0.25, 0.3) is 0 Å². The zero-order valence-corrected chi connectivity index (χ0v) is 10.2. The molecule has 80 valence electrons. The second-order valence-electron chi connectivity index (χ2n) is 3.15. The van der Waals surface area contributed by atoms with Crippen molar-refractivity contribution in [1.82, 2.24) is 9.97 Å². The molecule has 0 atom stereocenters. The van der Waals surface area contributed by atoms with E-state index in [0.717, 1.165) is 23.2 Å². The first-order valence-corrected chi connectivity index (χ1v) is 6.13. The highest BCUT2D eigenvalue weighted by atomic mass is 35.5. The molecular formula is C10H12ClN3S. The van der Waals surface area contributed by atoms with Gasteiger partial charge in [-0.1, -0.05) is 18.5 Å². The van der Waals surface area contributed by atoms with Gasteiger partial charge < -0.3 is 5.32 Å². The number of halogens is 1. The van der Waals surface area contributed by atoms with Crippen molar-refractivity contribution in [3.8, 4) is 0 Å². The quantitative estimate of drug-likeness (QED) is 0.838. The Kier molecular flexibility index (Phi) is 3.07. The van der Waals surface area contributed by atoms with Gasteiger partial charge in [-0.15, -0.1) is 11.3 Å². The van der Waals surface area contributed by atoms with Crippen molar-refractivity contribution in [3.63, 3.8) is 0 Å². The van der Waals surface area contributed by atoms with Gasteiger partial charge in [0, 0.05) is 16.8 Å². The number of hydrogen-bond donors (Lipinski definition) is 1. The summed E-state index contributed by atoms with van der Waals surface area (Å²) in [6.07, 6.45) is 1.01. The van der Waals surface area contributed by atoms with Crippen molar-refractivity contribution in [3.05, 3.63) is 16.1 Å². The minimum Gasteiger partial charge on any atom is -0.354 e. The molecule has 3 nitrogen and oxygen atoms in total. The lowest BCUT2D eigenvalue weighted by molar-refractivity contribution is 1.11. The maximum absolute atomic E-state index is 6.08. The third kappa shape index (κ3) is 2.06. The molecule has 0 aliphatic carbocycles. The van der Waals surface area contributed by atoms with E-state index in [1.807, 2.05) is 6.92 Å². The Labute approximate surface area is 97.5 Å². The van der Waals surface area contributed by atoms with E-state index >= 15 is 0 Å². The molecule has 2 aromatic heterocycles. The van der Waals surface area contributed by atoms with Crippen molar-refractivity contribution in [1.29, 1.82) is 0 Å². The van der Waals surface area contributed by atoms with Crippen LogP contribution in [0.3, 0.4) is 0 Å². The lowest BCUT2D eigenvalue weighted by Gasteiger charge is -2.01. The third-order valence-corrected chi connectivity index (χ3v) is 3.54. The fourth-order valence-electron chi connectivity index (χ4n) is 1.35. The molecule has 0 unspecified atom stereocenters. The molecule has 0 aliphatic heterocycles. The topological polar surface area (TPSA) is 37.8 Å². The van der Waals surface area contributed by atoms with Crippen molar-refractivity contribution in [2.45, 2.75) is 20.3 Å². The largest absolute Gasteiger partial charge is 0.354 e. The average molecular weight is 242 g/mol. The van der Waals surface area contributed by atoms with Gasteiger partial charge in [-0.05, 0) is 19.4 Å². The molecule has 0 saturated carbocycles. The summed E-state index contributed by atoms with van der Waals surface area (Å²) in [5, 5.41) is 4.56. The van der Waals surface area contributed by atoms with Gasteiger partial charge in [-0.25, -0.2) is 9.97 Å². The second kappa shape index (κ2) is 4.33. The molecule has 2 aromatic rings.